The van der Waals surface area contributed by atoms with Crippen LogP contribution in [0.15, 0.2) is 73.3 Å². The van der Waals surface area contributed by atoms with Crippen molar-refractivity contribution in [3.8, 4) is 0 Å². The maximum absolute atomic E-state index is 13.5. The third-order valence-electron chi connectivity index (χ3n) is 4.25. The van der Waals surface area contributed by atoms with Gasteiger partial charge < -0.3 is 4.84 Å². The lowest BCUT2D eigenvalue weighted by molar-refractivity contribution is -0.667. The molecule has 0 spiro atoms. The number of halogens is 2. The molecule has 0 amide bonds. The normalized spacial score (nSPS) is 12.6. The van der Waals surface area contributed by atoms with Crippen LogP contribution in [0.4, 0.5) is 5.95 Å². The van der Waals surface area contributed by atoms with Crippen molar-refractivity contribution >= 4 is 63.8 Å². The third-order valence-corrected chi connectivity index (χ3v) is 9.24. The second kappa shape index (κ2) is 10.4. The minimum Gasteiger partial charge on any atom is -0.350 e. The Balaban J connectivity index is 2.23. The van der Waals surface area contributed by atoms with Crippen LogP contribution in [0.25, 0.3) is 0 Å². The molecule has 0 unspecified atom stereocenters. The van der Waals surface area contributed by atoms with Gasteiger partial charge in [0.25, 0.3) is 5.95 Å². The zero-order valence-corrected chi connectivity index (χ0v) is 23.0. The zero-order valence-electron chi connectivity index (χ0n) is 18.2. The van der Waals surface area contributed by atoms with Crippen molar-refractivity contribution in [2.24, 2.45) is 0 Å². The van der Waals surface area contributed by atoms with Gasteiger partial charge in [-0.3, -0.25) is 0 Å². The van der Waals surface area contributed by atoms with Gasteiger partial charge in [-0.15, -0.1) is 0 Å². The molecule has 1 heterocycles. The Labute approximate surface area is 214 Å². The highest BCUT2D eigenvalue weighted by molar-refractivity contribution is 9.10. The summed E-state index contributed by atoms with van der Waals surface area (Å²) in [6.45, 7) is 3.44. The fourth-order valence-electron chi connectivity index (χ4n) is 2.89. The van der Waals surface area contributed by atoms with Gasteiger partial charge in [0.05, 0.1) is 0 Å². The highest BCUT2D eigenvalue weighted by Crippen LogP contribution is 2.24. The van der Waals surface area contributed by atoms with Crippen LogP contribution < -0.4 is 10.0 Å². The molecule has 3 aromatic rings. The molecule has 3 rings (SSSR count). The van der Waals surface area contributed by atoms with Gasteiger partial charge in [0.1, 0.15) is 16.9 Å². The molecule has 34 heavy (non-hydrogen) atoms. The molecule has 0 aliphatic carbocycles. The summed E-state index contributed by atoms with van der Waals surface area (Å²) in [5.41, 5.74) is 1.17. The number of aryl methyl sites for hydroxylation is 2. The molecule has 0 saturated heterocycles. The first-order valence-electron chi connectivity index (χ1n) is 9.53. The van der Waals surface area contributed by atoms with Gasteiger partial charge >= 0.3 is 26.0 Å². The van der Waals surface area contributed by atoms with Crippen molar-refractivity contribution in [3.63, 3.8) is 0 Å². The second-order valence-electron chi connectivity index (χ2n) is 6.83. The van der Waals surface area contributed by atoms with E-state index in [1.165, 1.54) is 30.3 Å². The average molecular weight is 634 g/mol. The maximum atomic E-state index is 13.5. The van der Waals surface area contributed by atoms with E-state index < -0.39 is 26.0 Å². The smallest absolute Gasteiger partial charge is 0.350 e. The molecule has 180 valence electrons. The molecule has 2 aromatic carbocycles. The number of anilines is 1. The predicted octanol–water partition coefficient (Wildman–Crippen LogP) is 3.33. The Morgan fingerprint density at radius 3 is 1.88 bits per heavy atom. The topological polar surface area (TPSA) is 130 Å². The monoisotopic (exact) mass is 632 g/mol. The fourth-order valence-corrected chi connectivity index (χ4v) is 7.13. The Kier molecular flexibility index (Phi) is 7.95. The summed E-state index contributed by atoms with van der Waals surface area (Å²) in [5, 5.41) is 2.65. The van der Waals surface area contributed by atoms with Gasteiger partial charge in [0, 0.05) is 24.5 Å². The molecule has 0 saturated carbocycles. The van der Waals surface area contributed by atoms with E-state index in [1.807, 2.05) is 0 Å². The molecule has 1 aromatic heterocycles. The van der Waals surface area contributed by atoms with Crippen molar-refractivity contribution in [3.05, 3.63) is 74.9 Å². The molecule has 0 fully saturated rings. The summed E-state index contributed by atoms with van der Waals surface area (Å²) in [6.07, 6.45) is 0. The van der Waals surface area contributed by atoms with Crippen molar-refractivity contribution in [1.29, 1.82) is 0 Å². The first kappa shape index (κ1) is 26.1. The SMILES string of the molecule is CO[N+](=C(Nc1nc(C)cc(C)n1)NS(=O)(=O)c1ccccc1Br)S(=O)(=O)c1ccccc1Br. The molecule has 14 heteroatoms. The Hall–Kier alpha value is -2.55. The summed E-state index contributed by atoms with van der Waals surface area (Å²) in [5.74, 6) is -0.592. The van der Waals surface area contributed by atoms with E-state index in [4.69, 9.17) is 4.84 Å². The van der Waals surface area contributed by atoms with E-state index in [1.54, 1.807) is 38.1 Å². The lowest BCUT2D eigenvalue weighted by atomic mass is 10.4. The molecule has 0 bridgehead atoms. The molecular weight excluding hydrogens is 614 g/mol. The molecule has 0 aliphatic rings. The van der Waals surface area contributed by atoms with Crippen molar-refractivity contribution in [1.82, 2.24) is 14.7 Å². The third kappa shape index (κ3) is 5.74. The number of nitrogens with zero attached hydrogens (tertiary/aromatic N) is 3. The number of aromatic nitrogens is 2. The number of guanidine groups is 1. The van der Waals surface area contributed by atoms with Crippen LogP contribution in [0.5, 0.6) is 0 Å². The molecular formula is C20H20Br2N5O5S2+. The molecule has 0 radical (unpaired) electrons. The molecule has 10 nitrogen and oxygen atoms in total. The average Bonchev–Trinajstić information content (AvgIpc) is 2.73. The van der Waals surface area contributed by atoms with Gasteiger partial charge in [0.2, 0.25) is 0 Å². The first-order valence-corrected chi connectivity index (χ1v) is 14.0. The highest BCUT2D eigenvalue weighted by Gasteiger charge is 2.35. The number of nitrogens with one attached hydrogen (secondary N) is 2. The van der Waals surface area contributed by atoms with Crippen LogP contribution in [-0.2, 0) is 24.9 Å². The lowest BCUT2D eigenvalue weighted by Crippen LogP contribution is -2.45. The van der Waals surface area contributed by atoms with Gasteiger partial charge in [0.15, 0.2) is 0 Å². The second-order valence-corrected chi connectivity index (χ2v) is 11.9. The first-order chi connectivity index (χ1) is 16.0. The van der Waals surface area contributed by atoms with Gasteiger partial charge in [-0.05, 0) is 76.0 Å². The van der Waals surface area contributed by atoms with E-state index in [9.17, 15) is 16.8 Å². The van der Waals surface area contributed by atoms with Gasteiger partial charge in [-0.1, -0.05) is 24.3 Å². The lowest BCUT2D eigenvalue weighted by Gasteiger charge is -2.13. The Morgan fingerprint density at radius 2 is 1.38 bits per heavy atom. The van der Waals surface area contributed by atoms with Crippen LogP contribution in [0.3, 0.4) is 0 Å². The van der Waals surface area contributed by atoms with Crippen molar-refractivity contribution < 1.29 is 25.8 Å². The summed E-state index contributed by atoms with van der Waals surface area (Å²) in [4.78, 5) is 13.3. The van der Waals surface area contributed by atoms with Crippen molar-refractivity contribution in [2.45, 2.75) is 23.6 Å². The Morgan fingerprint density at radius 1 is 0.882 bits per heavy atom. The number of benzene rings is 2. The van der Waals surface area contributed by atoms with Crippen LogP contribution in [-0.4, -0.2) is 44.0 Å². The highest BCUT2D eigenvalue weighted by atomic mass is 79.9. The van der Waals surface area contributed by atoms with Crippen LogP contribution in [0, 0.1) is 13.8 Å². The minimum atomic E-state index is -4.42. The number of hydrogen-bond donors (Lipinski definition) is 2. The number of sulfonamides is 2. The number of hydrogen-bond acceptors (Lipinski definition) is 7. The predicted molar refractivity (Wildman–Crippen MR) is 133 cm³/mol. The minimum absolute atomic E-state index is 0.0355. The fraction of sp³-hybridized carbons (Fsp3) is 0.150. The summed E-state index contributed by atoms with van der Waals surface area (Å²) < 4.78 is 56.6. The van der Waals surface area contributed by atoms with Crippen LogP contribution in [0.2, 0.25) is 0 Å². The molecule has 0 atom stereocenters. The summed E-state index contributed by atoms with van der Waals surface area (Å²) in [6, 6.07) is 13.8. The largest absolute Gasteiger partial charge is 0.421 e. The van der Waals surface area contributed by atoms with E-state index >= 15 is 0 Å². The molecule has 0 aliphatic heterocycles. The van der Waals surface area contributed by atoms with E-state index in [0.717, 1.165) is 7.11 Å². The van der Waals surface area contributed by atoms with Crippen LogP contribution in [0.1, 0.15) is 11.4 Å². The Bertz CT molecular complexity index is 1460. The van der Waals surface area contributed by atoms with Gasteiger partial charge in [-0.25, -0.2) is 15.3 Å². The standard InChI is InChI=1S/C20H19Br2N5O5S2/c1-13-12-14(2)24-19(23-13)25-20(26-33(28,29)17-10-6-4-8-15(17)21)27(32-3)34(30,31)18-11-7-5-9-16(18)22/h4-12H,1-3H3,(H,23,24,25,26)/p+1. The van der Waals surface area contributed by atoms with E-state index in [2.05, 4.69) is 51.9 Å². The van der Waals surface area contributed by atoms with Crippen LogP contribution >= 0.6 is 31.9 Å². The van der Waals surface area contributed by atoms with Gasteiger partial charge in [-0.2, -0.15) is 21.6 Å². The number of rotatable bonds is 6. The summed E-state index contributed by atoms with van der Waals surface area (Å²) >= 11 is 6.42. The van der Waals surface area contributed by atoms with E-state index in [0.29, 0.717) is 15.5 Å². The van der Waals surface area contributed by atoms with Crippen molar-refractivity contribution in [2.75, 3.05) is 12.4 Å². The quantitative estimate of drug-likeness (QED) is 0.183. The van der Waals surface area contributed by atoms with E-state index in [-0.39, 0.29) is 24.7 Å². The zero-order chi connectivity index (χ0) is 25.1. The summed E-state index contributed by atoms with van der Waals surface area (Å²) in [7, 11) is -7.62. The molecule has 2 N–H and O–H groups in total. The maximum Gasteiger partial charge on any atom is 0.421 e.